The van der Waals surface area contributed by atoms with Crippen molar-refractivity contribution in [1.82, 2.24) is 0 Å². The summed E-state index contributed by atoms with van der Waals surface area (Å²) in [5.41, 5.74) is 3.09. The normalized spacial score (nSPS) is 16.0. The zero-order valence-electron chi connectivity index (χ0n) is 16.2. The Bertz CT molecular complexity index is 880. The van der Waals surface area contributed by atoms with Crippen molar-refractivity contribution in [1.29, 1.82) is 5.26 Å². The predicted octanol–water partition coefficient (Wildman–Crippen LogP) is 3.40. The molecule has 1 atom stereocenters. The molecule has 2 amide bonds. The van der Waals surface area contributed by atoms with Crippen LogP contribution in [-0.4, -0.2) is 31.4 Å². The summed E-state index contributed by atoms with van der Waals surface area (Å²) in [4.78, 5) is 28.8. The molecule has 1 unspecified atom stereocenters. The van der Waals surface area contributed by atoms with E-state index in [9.17, 15) is 9.59 Å². The average Bonchev–Trinajstić information content (AvgIpc) is 3.12. The molecular weight excluding hydrogens is 352 g/mol. The highest BCUT2D eigenvalue weighted by Crippen LogP contribution is 2.26. The van der Waals surface area contributed by atoms with E-state index in [1.165, 1.54) is 0 Å². The van der Waals surface area contributed by atoms with Gasteiger partial charge in [-0.25, -0.2) is 0 Å². The van der Waals surface area contributed by atoms with Crippen molar-refractivity contribution < 1.29 is 9.59 Å². The molecule has 1 fully saturated rings. The van der Waals surface area contributed by atoms with E-state index in [0.717, 1.165) is 24.5 Å². The van der Waals surface area contributed by atoms with Crippen molar-refractivity contribution in [3.05, 3.63) is 54.1 Å². The van der Waals surface area contributed by atoms with Crippen LogP contribution < -0.4 is 15.1 Å². The first-order valence-corrected chi connectivity index (χ1v) is 9.52. The summed E-state index contributed by atoms with van der Waals surface area (Å²) >= 11 is 0. The molecule has 1 N–H and O–H groups in total. The SMILES string of the molecule is CCN(CC)c1ccc(NC(=O)C2CC(=O)N(c3ccc(C#N)cc3)C2)cc1. The summed E-state index contributed by atoms with van der Waals surface area (Å²) in [7, 11) is 0. The van der Waals surface area contributed by atoms with E-state index >= 15 is 0 Å². The molecular formula is C22H24N4O2. The molecule has 1 heterocycles. The third-order valence-corrected chi connectivity index (χ3v) is 5.07. The predicted molar refractivity (Wildman–Crippen MR) is 110 cm³/mol. The number of nitriles is 1. The topological polar surface area (TPSA) is 76.4 Å². The number of carbonyl (C=O) groups is 2. The molecule has 0 aromatic heterocycles. The van der Waals surface area contributed by atoms with Gasteiger partial charge in [-0.3, -0.25) is 9.59 Å². The van der Waals surface area contributed by atoms with Gasteiger partial charge in [0, 0.05) is 43.1 Å². The van der Waals surface area contributed by atoms with Gasteiger partial charge in [-0.15, -0.1) is 0 Å². The van der Waals surface area contributed by atoms with Gasteiger partial charge >= 0.3 is 0 Å². The van der Waals surface area contributed by atoms with E-state index in [-0.39, 0.29) is 18.2 Å². The van der Waals surface area contributed by atoms with Gasteiger partial charge < -0.3 is 15.1 Å². The summed E-state index contributed by atoms with van der Waals surface area (Å²) in [6.45, 7) is 6.41. The van der Waals surface area contributed by atoms with Crippen LogP contribution in [0.5, 0.6) is 0 Å². The summed E-state index contributed by atoms with van der Waals surface area (Å²) < 4.78 is 0. The fourth-order valence-corrected chi connectivity index (χ4v) is 3.44. The third kappa shape index (κ3) is 4.15. The number of hydrogen-bond donors (Lipinski definition) is 1. The summed E-state index contributed by atoms with van der Waals surface area (Å²) in [6.07, 6.45) is 0.184. The Labute approximate surface area is 165 Å². The van der Waals surface area contributed by atoms with Crippen molar-refractivity contribution in [2.45, 2.75) is 20.3 Å². The van der Waals surface area contributed by atoms with E-state index in [1.54, 1.807) is 29.2 Å². The van der Waals surface area contributed by atoms with E-state index < -0.39 is 5.92 Å². The minimum atomic E-state index is -0.398. The molecule has 0 spiro atoms. The fourth-order valence-electron chi connectivity index (χ4n) is 3.44. The monoisotopic (exact) mass is 376 g/mol. The number of nitrogens with one attached hydrogen (secondary N) is 1. The van der Waals surface area contributed by atoms with Crippen molar-refractivity contribution >= 4 is 28.9 Å². The van der Waals surface area contributed by atoms with Gasteiger partial charge in [0.1, 0.15) is 0 Å². The lowest BCUT2D eigenvalue weighted by Crippen LogP contribution is -2.28. The molecule has 3 rings (SSSR count). The molecule has 2 aromatic rings. The molecule has 1 aliphatic rings. The van der Waals surface area contributed by atoms with Gasteiger partial charge in [0.15, 0.2) is 0 Å². The fraction of sp³-hybridized carbons (Fsp3) is 0.318. The van der Waals surface area contributed by atoms with Crippen LogP contribution in [0.25, 0.3) is 0 Å². The van der Waals surface area contributed by atoms with Gasteiger partial charge in [-0.1, -0.05) is 0 Å². The highest BCUT2D eigenvalue weighted by Gasteiger charge is 2.35. The molecule has 6 nitrogen and oxygen atoms in total. The first kappa shape index (κ1) is 19.4. The number of amides is 2. The maximum atomic E-state index is 12.6. The highest BCUT2D eigenvalue weighted by molar-refractivity contribution is 6.03. The smallest absolute Gasteiger partial charge is 0.229 e. The first-order valence-electron chi connectivity index (χ1n) is 9.52. The molecule has 1 saturated heterocycles. The third-order valence-electron chi connectivity index (χ3n) is 5.07. The second-order valence-electron chi connectivity index (χ2n) is 6.77. The highest BCUT2D eigenvalue weighted by atomic mass is 16.2. The largest absolute Gasteiger partial charge is 0.372 e. The summed E-state index contributed by atoms with van der Waals surface area (Å²) in [5, 5.41) is 11.8. The zero-order valence-corrected chi connectivity index (χ0v) is 16.2. The average molecular weight is 376 g/mol. The lowest BCUT2D eigenvalue weighted by molar-refractivity contribution is -0.122. The van der Waals surface area contributed by atoms with E-state index in [1.807, 2.05) is 24.3 Å². The lowest BCUT2D eigenvalue weighted by Gasteiger charge is -2.21. The molecule has 2 aromatic carbocycles. The Morgan fingerprint density at radius 2 is 1.79 bits per heavy atom. The van der Waals surface area contributed by atoms with Gasteiger partial charge in [0.2, 0.25) is 11.8 Å². The molecule has 1 aliphatic heterocycles. The minimum absolute atomic E-state index is 0.0817. The number of hydrogen-bond acceptors (Lipinski definition) is 4. The van der Waals surface area contributed by atoms with Gasteiger partial charge in [0.25, 0.3) is 0 Å². The Hall–Kier alpha value is -3.33. The van der Waals surface area contributed by atoms with Crippen molar-refractivity contribution in [3.63, 3.8) is 0 Å². The molecule has 0 bridgehead atoms. The van der Waals surface area contributed by atoms with Crippen LogP contribution >= 0.6 is 0 Å². The van der Waals surface area contributed by atoms with Gasteiger partial charge in [-0.05, 0) is 62.4 Å². The van der Waals surface area contributed by atoms with Crippen molar-refractivity contribution in [2.75, 3.05) is 34.8 Å². The number of anilines is 3. The Morgan fingerprint density at radius 3 is 2.36 bits per heavy atom. The van der Waals surface area contributed by atoms with Crippen LogP contribution in [0.2, 0.25) is 0 Å². The van der Waals surface area contributed by atoms with Crippen LogP contribution in [0, 0.1) is 17.2 Å². The Morgan fingerprint density at radius 1 is 1.14 bits per heavy atom. The van der Waals surface area contributed by atoms with Crippen molar-refractivity contribution in [3.8, 4) is 6.07 Å². The van der Waals surface area contributed by atoms with E-state index in [4.69, 9.17) is 5.26 Å². The maximum absolute atomic E-state index is 12.6. The van der Waals surface area contributed by atoms with Crippen LogP contribution in [0.15, 0.2) is 48.5 Å². The van der Waals surface area contributed by atoms with Crippen LogP contribution in [0.3, 0.4) is 0 Å². The van der Waals surface area contributed by atoms with E-state index in [0.29, 0.717) is 17.8 Å². The van der Waals surface area contributed by atoms with Crippen LogP contribution in [0.4, 0.5) is 17.1 Å². The number of rotatable bonds is 6. The lowest BCUT2D eigenvalue weighted by atomic mass is 10.1. The second-order valence-corrected chi connectivity index (χ2v) is 6.77. The van der Waals surface area contributed by atoms with E-state index in [2.05, 4.69) is 30.1 Å². The van der Waals surface area contributed by atoms with Gasteiger partial charge in [-0.2, -0.15) is 5.26 Å². The number of benzene rings is 2. The number of carbonyl (C=O) groups excluding carboxylic acids is 2. The maximum Gasteiger partial charge on any atom is 0.229 e. The van der Waals surface area contributed by atoms with Crippen LogP contribution in [-0.2, 0) is 9.59 Å². The quantitative estimate of drug-likeness (QED) is 0.838. The Kier molecular flexibility index (Phi) is 5.95. The van der Waals surface area contributed by atoms with Crippen molar-refractivity contribution in [2.24, 2.45) is 5.92 Å². The molecule has 0 radical (unpaired) electrons. The molecule has 0 saturated carbocycles. The molecule has 144 valence electrons. The zero-order chi connectivity index (χ0) is 20.1. The van der Waals surface area contributed by atoms with Gasteiger partial charge in [0.05, 0.1) is 17.6 Å². The summed E-state index contributed by atoms with van der Waals surface area (Å²) in [5.74, 6) is -0.632. The standard InChI is InChI=1S/C22H24N4O2/c1-3-25(4-2)19-11-7-18(8-12-19)24-22(28)17-13-21(27)26(15-17)20-9-5-16(14-23)6-10-20/h5-12,17H,3-4,13,15H2,1-2H3,(H,24,28). The molecule has 6 heteroatoms. The molecule has 0 aliphatic carbocycles. The first-order chi connectivity index (χ1) is 13.5. The molecule has 28 heavy (non-hydrogen) atoms. The second kappa shape index (κ2) is 8.57. The minimum Gasteiger partial charge on any atom is -0.372 e. The summed E-state index contributed by atoms with van der Waals surface area (Å²) in [6, 6.07) is 16.6. The number of nitrogens with zero attached hydrogens (tertiary/aromatic N) is 3. The van der Waals surface area contributed by atoms with Crippen LogP contribution in [0.1, 0.15) is 25.8 Å². The Balaban J connectivity index is 1.63.